The lowest BCUT2D eigenvalue weighted by Crippen LogP contribution is -2.51. The van der Waals surface area contributed by atoms with Gasteiger partial charge in [-0.05, 0) is 32.3 Å². The van der Waals surface area contributed by atoms with Crippen LogP contribution in [0.1, 0.15) is 5.82 Å². The second-order valence-electron chi connectivity index (χ2n) is 5.80. The Kier molecular flexibility index (Phi) is 4.54. The summed E-state index contributed by atoms with van der Waals surface area (Å²) in [6.07, 6.45) is 0. The lowest BCUT2D eigenvalue weighted by molar-refractivity contribution is 0.103. The van der Waals surface area contributed by atoms with Crippen molar-refractivity contribution in [2.75, 3.05) is 33.7 Å². The Balaban J connectivity index is 1.95. The average Bonchev–Trinajstić information content (AvgIpc) is 2.80. The molecule has 1 aliphatic heterocycles. The highest BCUT2D eigenvalue weighted by atomic mass is 79.9. The van der Waals surface area contributed by atoms with Crippen LogP contribution in [0.2, 0.25) is 0 Å². The summed E-state index contributed by atoms with van der Waals surface area (Å²) in [7, 11) is 4.39. The minimum atomic E-state index is 0.443. The summed E-state index contributed by atoms with van der Waals surface area (Å²) in [6.45, 7) is 4.25. The van der Waals surface area contributed by atoms with Crippen molar-refractivity contribution in [2.24, 2.45) is 0 Å². The molecule has 6 heteroatoms. The van der Waals surface area contributed by atoms with E-state index in [1.807, 2.05) is 0 Å². The average molecular weight is 372 g/mol. The minimum absolute atomic E-state index is 0.443. The minimum Gasteiger partial charge on any atom is -0.325 e. The molecule has 3 rings (SSSR count). The van der Waals surface area contributed by atoms with Crippen LogP contribution in [-0.4, -0.2) is 59.1 Å². The number of hydrogen-bond acceptors (Lipinski definition) is 3. The van der Waals surface area contributed by atoms with Crippen LogP contribution in [0.3, 0.4) is 0 Å². The maximum atomic E-state index is 6.11. The van der Waals surface area contributed by atoms with Crippen LogP contribution in [0.15, 0.2) is 22.7 Å². The maximum absolute atomic E-state index is 6.11. The van der Waals surface area contributed by atoms with Gasteiger partial charge in [-0.3, -0.25) is 4.90 Å². The van der Waals surface area contributed by atoms with E-state index in [4.69, 9.17) is 11.6 Å². The van der Waals surface area contributed by atoms with Gasteiger partial charge in [0, 0.05) is 36.7 Å². The van der Waals surface area contributed by atoms with E-state index in [0.717, 1.165) is 47.5 Å². The number of fused-ring (bicyclic) bond motifs is 1. The molecule has 4 nitrogen and oxygen atoms in total. The van der Waals surface area contributed by atoms with Crippen LogP contribution in [0.25, 0.3) is 11.0 Å². The van der Waals surface area contributed by atoms with Gasteiger partial charge in [-0.15, -0.1) is 11.6 Å². The summed E-state index contributed by atoms with van der Waals surface area (Å²) in [4.78, 5) is 9.49. The van der Waals surface area contributed by atoms with Crippen molar-refractivity contribution in [1.82, 2.24) is 19.4 Å². The van der Waals surface area contributed by atoms with Crippen molar-refractivity contribution in [2.45, 2.75) is 18.5 Å². The second-order valence-corrected chi connectivity index (χ2v) is 6.98. The van der Waals surface area contributed by atoms with E-state index >= 15 is 0 Å². The van der Waals surface area contributed by atoms with E-state index in [1.54, 1.807) is 0 Å². The molecule has 0 aliphatic carbocycles. The molecule has 1 aromatic heterocycles. The third-order valence-electron chi connectivity index (χ3n) is 4.28. The first-order chi connectivity index (χ1) is 10.1. The number of hydrogen-bond donors (Lipinski definition) is 0. The number of halogens is 2. The van der Waals surface area contributed by atoms with E-state index in [1.165, 1.54) is 0 Å². The zero-order valence-electron chi connectivity index (χ0n) is 12.4. The van der Waals surface area contributed by atoms with Gasteiger partial charge < -0.3 is 9.47 Å². The van der Waals surface area contributed by atoms with E-state index in [9.17, 15) is 0 Å². The van der Waals surface area contributed by atoms with Crippen LogP contribution >= 0.6 is 27.5 Å². The predicted octanol–water partition coefficient (Wildman–Crippen LogP) is 2.78. The fourth-order valence-electron chi connectivity index (χ4n) is 2.97. The third kappa shape index (κ3) is 3.11. The van der Waals surface area contributed by atoms with Gasteiger partial charge in [-0.2, -0.15) is 0 Å². The van der Waals surface area contributed by atoms with Gasteiger partial charge in [0.05, 0.1) is 16.9 Å². The smallest absolute Gasteiger partial charge is 0.124 e. The van der Waals surface area contributed by atoms with Gasteiger partial charge in [0.25, 0.3) is 0 Å². The quantitative estimate of drug-likeness (QED) is 0.776. The molecule has 2 aromatic rings. The molecule has 1 atom stereocenters. The summed E-state index contributed by atoms with van der Waals surface area (Å²) in [5.41, 5.74) is 2.17. The SMILES string of the molecule is CN1CCN(C)C(Cn2c(CCl)nc3cc(Br)ccc32)C1. The number of aromatic nitrogens is 2. The largest absolute Gasteiger partial charge is 0.325 e. The Morgan fingerprint density at radius 1 is 1.33 bits per heavy atom. The molecule has 1 saturated heterocycles. The molecular weight excluding hydrogens is 352 g/mol. The highest BCUT2D eigenvalue weighted by Gasteiger charge is 2.24. The fraction of sp³-hybridized carbons (Fsp3) is 0.533. The van der Waals surface area contributed by atoms with E-state index in [2.05, 4.69) is 67.6 Å². The van der Waals surface area contributed by atoms with Crippen molar-refractivity contribution in [3.63, 3.8) is 0 Å². The van der Waals surface area contributed by atoms with E-state index < -0.39 is 0 Å². The van der Waals surface area contributed by atoms with Crippen LogP contribution in [-0.2, 0) is 12.4 Å². The molecule has 0 bridgehead atoms. The van der Waals surface area contributed by atoms with Gasteiger partial charge in [0.15, 0.2) is 0 Å². The molecule has 1 aliphatic rings. The summed E-state index contributed by atoms with van der Waals surface area (Å²) in [5.74, 6) is 1.39. The van der Waals surface area contributed by atoms with Crippen molar-refractivity contribution >= 4 is 38.6 Å². The molecule has 0 spiro atoms. The number of benzene rings is 1. The van der Waals surface area contributed by atoms with Gasteiger partial charge in [0.1, 0.15) is 5.82 Å². The standard InChI is InChI=1S/C15H20BrClN4/c1-19-5-6-20(2)12(9-19)10-21-14-4-3-11(16)7-13(14)18-15(21)8-17/h3-4,7,12H,5-6,8-10H2,1-2H3. The monoisotopic (exact) mass is 370 g/mol. The summed E-state index contributed by atoms with van der Waals surface area (Å²) in [6, 6.07) is 6.73. The number of imidazole rings is 1. The van der Waals surface area contributed by atoms with Crippen LogP contribution in [0, 0.1) is 0 Å². The van der Waals surface area contributed by atoms with Crippen molar-refractivity contribution in [1.29, 1.82) is 0 Å². The van der Waals surface area contributed by atoms with Crippen molar-refractivity contribution in [3.8, 4) is 0 Å². The Bertz CT molecular complexity index is 642. The second kappa shape index (κ2) is 6.24. The lowest BCUT2D eigenvalue weighted by Gasteiger charge is -2.38. The summed E-state index contributed by atoms with van der Waals surface area (Å²) >= 11 is 9.61. The summed E-state index contributed by atoms with van der Waals surface area (Å²) < 4.78 is 3.32. The molecule has 0 radical (unpaired) electrons. The number of likely N-dealkylation sites (N-methyl/N-ethyl adjacent to an activating group) is 2. The number of rotatable bonds is 3. The van der Waals surface area contributed by atoms with Gasteiger partial charge in [-0.1, -0.05) is 15.9 Å². The zero-order valence-corrected chi connectivity index (χ0v) is 14.7. The molecule has 0 saturated carbocycles. The first-order valence-electron chi connectivity index (χ1n) is 7.18. The molecule has 2 heterocycles. The first kappa shape index (κ1) is 15.3. The Hall–Kier alpha value is -0.620. The van der Waals surface area contributed by atoms with Crippen LogP contribution < -0.4 is 0 Å². The van der Waals surface area contributed by atoms with E-state index in [-0.39, 0.29) is 0 Å². The molecular formula is C15H20BrClN4. The molecule has 0 N–H and O–H groups in total. The van der Waals surface area contributed by atoms with Crippen molar-refractivity contribution in [3.05, 3.63) is 28.5 Å². The fourth-order valence-corrected chi connectivity index (χ4v) is 3.52. The number of piperazine rings is 1. The number of nitrogens with zero attached hydrogens (tertiary/aromatic N) is 4. The normalized spacial score (nSPS) is 21.2. The molecule has 1 fully saturated rings. The molecule has 21 heavy (non-hydrogen) atoms. The topological polar surface area (TPSA) is 24.3 Å². The Labute approximate surface area is 138 Å². The van der Waals surface area contributed by atoms with Gasteiger partial charge in [0.2, 0.25) is 0 Å². The third-order valence-corrected chi connectivity index (χ3v) is 5.01. The summed E-state index contributed by atoms with van der Waals surface area (Å²) in [5, 5.41) is 0. The molecule has 114 valence electrons. The van der Waals surface area contributed by atoms with Gasteiger partial charge in [-0.25, -0.2) is 4.98 Å². The number of alkyl halides is 1. The predicted molar refractivity (Wildman–Crippen MR) is 90.9 cm³/mol. The van der Waals surface area contributed by atoms with Gasteiger partial charge >= 0.3 is 0 Å². The molecule has 0 amide bonds. The molecule has 1 aromatic carbocycles. The highest BCUT2D eigenvalue weighted by Crippen LogP contribution is 2.23. The molecule has 1 unspecified atom stereocenters. The first-order valence-corrected chi connectivity index (χ1v) is 8.50. The van der Waals surface area contributed by atoms with Crippen LogP contribution in [0.5, 0.6) is 0 Å². The zero-order chi connectivity index (χ0) is 15.0. The lowest BCUT2D eigenvalue weighted by atomic mass is 10.2. The highest BCUT2D eigenvalue weighted by molar-refractivity contribution is 9.10. The Morgan fingerprint density at radius 3 is 2.90 bits per heavy atom. The Morgan fingerprint density at radius 2 is 2.14 bits per heavy atom. The maximum Gasteiger partial charge on any atom is 0.124 e. The van der Waals surface area contributed by atoms with E-state index in [0.29, 0.717) is 11.9 Å². The van der Waals surface area contributed by atoms with Crippen LogP contribution in [0.4, 0.5) is 0 Å². The van der Waals surface area contributed by atoms with Crippen molar-refractivity contribution < 1.29 is 0 Å².